The van der Waals surface area contributed by atoms with E-state index in [2.05, 4.69) is 30.9 Å². The smallest absolute Gasteiger partial charge is 0.304 e. The molecule has 0 aliphatic rings. The van der Waals surface area contributed by atoms with Crippen molar-refractivity contribution in [3.8, 4) is 0 Å². The van der Waals surface area contributed by atoms with Gasteiger partial charge in [0, 0.05) is 12.6 Å². The third-order valence-electron chi connectivity index (χ3n) is 2.95. The lowest BCUT2D eigenvalue weighted by Crippen LogP contribution is -2.30. The van der Waals surface area contributed by atoms with E-state index in [4.69, 9.17) is 5.11 Å². The van der Waals surface area contributed by atoms with E-state index in [9.17, 15) is 4.79 Å². The Morgan fingerprint density at radius 1 is 1.29 bits per heavy atom. The average molecular weight is 235 g/mol. The fraction of sp³-hybridized carbons (Fsp3) is 0.500. The maximum Gasteiger partial charge on any atom is 0.304 e. The molecule has 17 heavy (non-hydrogen) atoms. The zero-order valence-corrected chi connectivity index (χ0v) is 10.6. The number of nitrogens with zero attached hydrogens (tertiary/aromatic N) is 1. The summed E-state index contributed by atoms with van der Waals surface area (Å²) in [5.74, 6) is -0.730. The van der Waals surface area contributed by atoms with Gasteiger partial charge in [0.2, 0.25) is 0 Å². The molecule has 0 bridgehead atoms. The molecule has 1 unspecified atom stereocenters. The Morgan fingerprint density at radius 2 is 1.94 bits per heavy atom. The summed E-state index contributed by atoms with van der Waals surface area (Å²) in [4.78, 5) is 12.9. The summed E-state index contributed by atoms with van der Waals surface area (Å²) < 4.78 is 0. The van der Waals surface area contributed by atoms with Crippen LogP contribution >= 0.6 is 0 Å². The van der Waals surface area contributed by atoms with Crippen molar-refractivity contribution in [2.24, 2.45) is 0 Å². The van der Waals surface area contributed by atoms with Gasteiger partial charge in [-0.05, 0) is 25.5 Å². The molecule has 1 N–H and O–H groups in total. The zero-order valence-electron chi connectivity index (χ0n) is 10.6. The number of benzene rings is 1. The number of hydrogen-bond donors (Lipinski definition) is 1. The first-order valence-electron chi connectivity index (χ1n) is 6.16. The molecule has 0 aromatic heterocycles. The van der Waals surface area contributed by atoms with E-state index < -0.39 is 5.97 Å². The van der Waals surface area contributed by atoms with Crippen LogP contribution in [0, 0.1) is 0 Å². The molecule has 3 nitrogen and oxygen atoms in total. The van der Waals surface area contributed by atoms with Crippen molar-refractivity contribution < 1.29 is 9.90 Å². The first kappa shape index (κ1) is 13.7. The summed E-state index contributed by atoms with van der Waals surface area (Å²) in [6.07, 6.45) is 1.24. The molecule has 1 rings (SSSR count). The van der Waals surface area contributed by atoms with E-state index in [1.807, 2.05) is 18.2 Å². The molecule has 0 heterocycles. The van der Waals surface area contributed by atoms with Crippen LogP contribution in [0.25, 0.3) is 0 Å². The molecule has 1 aromatic rings. The highest BCUT2D eigenvalue weighted by Gasteiger charge is 2.15. The van der Waals surface area contributed by atoms with Crippen molar-refractivity contribution in [2.75, 3.05) is 13.1 Å². The van der Waals surface area contributed by atoms with Crippen molar-refractivity contribution in [1.29, 1.82) is 0 Å². The summed E-state index contributed by atoms with van der Waals surface area (Å²) in [7, 11) is 0. The number of carboxylic acid groups (broad SMARTS) is 1. The molecular weight excluding hydrogens is 214 g/mol. The Labute approximate surface area is 103 Å². The van der Waals surface area contributed by atoms with Gasteiger partial charge in [0.05, 0.1) is 6.42 Å². The highest BCUT2D eigenvalue weighted by atomic mass is 16.4. The van der Waals surface area contributed by atoms with E-state index in [1.54, 1.807) is 0 Å². The number of hydrogen-bond acceptors (Lipinski definition) is 2. The molecule has 0 saturated heterocycles. The second kappa shape index (κ2) is 7.07. The van der Waals surface area contributed by atoms with E-state index in [-0.39, 0.29) is 12.5 Å². The quantitative estimate of drug-likeness (QED) is 0.790. The summed E-state index contributed by atoms with van der Waals surface area (Å²) in [5, 5.41) is 8.76. The minimum atomic E-state index is -0.730. The highest BCUT2D eigenvalue weighted by Crippen LogP contribution is 2.20. The summed E-state index contributed by atoms with van der Waals surface area (Å²) in [6.45, 7) is 5.79. The molecule has 1 aromatic carbocycles. The minimum Gasteiger partial charge on any atom is -0.481 e. The van der Waals surface area contributed by atoms with Crippen molar-refractivity contribution in [3.63, 3.8) is 0 Å². The van der Waals surface area contributed by atoms with Crippen LogP contribution in [-0.4, -0.2) is 29.1 Å². The van der Waals surface area contributed by atoms with Crippen LogP contribution in [0.2, 0.25) is 0 Å². The van der Waals surface area contributed by atoms with Crippen LogP contribution in [0.3, 0.4) is 0 Å². The molecule has 0 amide bonds. The maximum atomic E-state index is 10.6. The summed E-state index contributed by atoms with van der Waals surface area (Å²) >= 11 is 0. The monoisotopic (exact) mass is 235 g/mol. The third-order valence-corrected chi connectivity index (χ3v) is 2.95. The minimum absolute atomic E-state index is 0.206. The van der Waals surface area contributed by atoms with Crippen molar-refractivity contribution in [3.05, 3.63) is 35.9 Å². The predicted molar refractivity (Wildman–Crippen MR) is 69.0 cm³/mol. The number of rotatable bonds is 7. The van der Waals surface area contributed by atoms with Gasteiger partial charge >= 0.3 is 5.97 Å². The van der Waals surface area contributed by atoms with E-state index in [0.717, 1.165) is 13.0 Å². The Kier molecular flexibility index (Phi) is 5.70. The van der Waals surface area contributed by atoms with Gasteiger partial charge in [-0.25, -0.2) is 0 Å². The molecule has 0 aliphatic carbocycles. The van der Waals surface area contributed by atoms with Gasteiger partial charge in [-0.1, -0.05) is 37.3 Å². The largest absolute Gasteiger partial charge is 0.481 e. The van der Waals surface area contributed by atoms with Crippen LogP contribution in [0.15, 0.2) is 30.3 Å². The first-order chi connectivity index (χ1) is 8.15. The van der Waals surface area contributed by atoms with Gasteiger partial charge in [-0.2, -0.15) is 0 Å². The molecule has 0 aliphatic heterocycles. The molecule has 94 valence electrons. The van der Waals surface area contributed by atoms with Gasteiger partial charge in [-0.15, -0.1) is 0 Å². The van der Waals surface area contributed by atoms with E-state index in [0.29, 0.717) is 6.54 Å². The van der Waals surface area contributed by atoms with Crippen LogP contribution in [0.1, 0.15) is 38.3 Å². The van der Waals surface area contributed by atoms with Crippen LogP contribution in [0.4, 0.5) is 0 Å². The molecule has 3 heteroatoms. The number of carboxylic acids is 1. The van der Waals surface area contributed by atoms with Gasteiger partial charge in [0.1, 0.15) is 0 Å². The van der Waals surface area contributed by atoms with Crippen LogP contribution in [-0.2, 0) is 4.79 Å². The topological polar surface area (TPSA) is 40.5 Å². The summed E-state index contributed by atoms with van der Waals surface area (Å²) in [6, 6.07) is 10.5. The summed E-state index contributed by atoms with van der Waals surface area (Å²) in [5.41, 5.74) is 1.24. The average Bonchev–Trinajstić information content (AvgIpc) is 2.34. The number of aliphatic carboxylic acids is 1. The lowest BCUT2D eigenvalue weighted by atomic mass is 10.1. The van der Waals surface area contributed by atoms with E-state index >= 15 is 0 Å². The van der Waals surface area contributed by atoms with Crippen LogP contribution < -0.4 is 0 Å². The molecule has 0 saturated carbocycles. The molecule has 0 spiro atoms. The Balaban J connectivity index is 2.66. The molecule has 0 fully saturated rings. The van der Waals surface area contributed by atoms with Gasteiger partial charge < -0.3 is 5.11 Å². The Bertz CT molecular complexity index is 337. The maximum absolute atomic E-state index is 10.6. The lowest BCUT2D eigenvalue weighted by Gasteiger charge is -2.28. The van der Waals surface area contributed by atoms with Gasteiger partial charge in [0.15, 0.2) is 0 Å². The second-order valence-electron chi connectivity index (χ2n) is 4.27. The number of carbonyl (C=O) groups is 1. The molecular formula is C14H21NO2. The zero-order chi connectivity index (χ0) is 12.7. The standard InChI is InChI=1S/C14H21NO2/c1-3-10-15(11-9-14(16)17)12(2)13-7-5-4-6-8-13/h4-8,12H,3,9-11H2,1-2H3,(H,16,17). The normalized spacial score (nSPS) is 12.6. The van der Waals surface area contributed by atoms with Gasteiger partial charge in [-0.3, -0.25) is 9.69 Å². The van der Waals surface area contributed by atoms with Crippen molar-refractivity contribution in [2.45, 2.75) is 32.7 Å². The fourth-order valence-corrected chi connectivity index (χ4v) is 1.97. The SMILES string of the molecule is CCCN(CCC(=O)O)C(C)c1ccccc1. The highest BCUT2D eigenvalue weighted by molar-refractivity contribution is 5.66. The predicted octanol–water partition coefficient (Wildman–Crippen LogP) is 2.93. The second-order valence-corrected chi connectivity index (χ2v) is 4.27. The van der Waals surface area contributed by atoms with E-state index in [1.165, 1.54) is 5.56 Å². The Hall–Kier alpha value is -1.35. The first-order valence-corrected chi connectivity index (χ1v) is 6.16. The van der Waals surface area contributed by atoms with Gasteiger partial charge in [0.25, 0.3) is 0 Å². The Morgan fingerprint density at radius 3 is 2.47 bits per heavy atom. The third kappa shape index (κ3) is 4.57. The lowest BCUT2D eigenvalue weighted by molar-refractivity contribution is -0.137. The fourth-order valence-electron chi connectivity index (χ4n) is 1.97. The molecule has 0 radical (unpaired) electrons. The molecule has 1 atom stereocenters. The van der Waals surface area contributed by atoms with Crippen molar-refractivity contribution >= 4 is 5.97 Å². The van der Waals surface area contributed by atoms with Crippen molar-refractivity contribution in [1.82, 2.24) is 4.90 Å². The van der Waals surface area contributed by atoms with Crippen LogP contribution in [0.5, 0.6) is 0 Å².